The molecule has 3 aromatic rings. The molecule has 0 saturated carbocycles. The van der Waals surface area contributed by atoms with Crippen molar-refractivity contribution in [3.63, 3.8) is 0 Å². The summed E-state index contributed by atoms with van der Waals surface area (Å²) >= 11 is 0. The number of primary amides is 1. The number of nitrogen functional groups attached to an aromatic ring is 1. The molecule has 0 bridgehead atoms. The van der Waals surface area contributed by atoms with Crippen molar-refractivity contribution in [2.75, 3.05) is 31.9 Å². The maximum Gasteiger partial charge on any atom is 0.254 e. The minimum absolute atomic E-state index is 0.0835. The normalized spacial score (nSPS) is 17.5. The molecule has 2 fully saturated rings. The quantitative estimate of drug-likeness (QED) is 0.513. The van der Waals surface area contributed by atoms with Crippen LogP contribution in [-0.4, -0.2) is 52.8 Å². The predicted molar refractivity (Wildman–Crippen MR) is 124 cm³/mol. The minimum atomic E-state index is -0.800. The van der Waals surface area contributed by atoms with Gasteiger partial charge in [-0.2, -0.15) is 5.10 Å². The van der Waals surface area contributed by atoms with Crippen LogP contribution in [0.4, 0.5) is 14.6 Å². The molecule has 0 atom stereocenters. The molecule has 8 nitrogen and oxygen atoms in total. The van der Waals surface area contributed by atoms with Crippen LogP contribution in [0.15, 0.2) is 42.5 Å². The van der Waals surface area contributed by atoms with E-state index in [0.717, 1.165) is 51.2 Å². The van der Waals surface area contributed by atoms with Gasteiger partial charge < -0.3 is 21.5 Å². The molecule has 10 heteroatoms. The molecule has 2 aliphatic rings. The summed E-state index contributed by atoms with van der Waals surface area (Å²) < 4.78 is 34.2. The molecule has 2 aliphatic heterocycles. The van der Waals surface area contributed by atoms with Crippen molar-refractivity contribution in [1.29, 1.82) is 0 Å². The van der Waals surface area contributed by atoms with E-state index in [1.807, 2.05) is 0 Å². The fraction of sp³-hybridized carbons (Fsp3) is 0.333. The van der Waals surface area contributed by atoms with E-state index in [4.69, 9.17) is 16.2 Å². The number of carbonyl (C=O) groups is 1. The zero-order valence-electron chi connectivity index (χ0n) is 18.5. The Bertz CT molecular complexity index is 1200. The highest BCUT2D eigenvalue weighted by atomic mass is 19.1. The summed E-state index contributed by atoms with van der Waals surface area (Å²) in [6.45, 7) is 3.95. The Hall–Kier alpha value is -3.50. The van der Waals surface area contributed by atoms with Gasteiger partial charge in [0, 0.05) is 43.9 Å². The molecule has 3 heterocycles. The number of hydrogen-bond donors (Lipinski definition) is 3. The second-order valence-electron chi connectivity index (χ2n) is 8.70. The molecule has 34 heavy (non-hydrogen) atoms. The monoisotopic (exact) mass is 468 g/mol. The van der Waals surface area contributed by atoms with Crippen molar-refractivity contribution in [2.24, 2.45) is 5.73 Å². The van der Waals surface area contributed by atoms with Crippen LogP contribution in [0, 0.1) is 11.6 Å². The first kappa shape index (κ1) is 22.3. The number of benzene rings is 2. The molecule has 0 unspecified atom stereocenters. The molecule has 2 aromatic carbocycles. The van der Waals surface area contributed by atoms with Gasteiger partial charge in [0.25, 0.3) is 5.91 Å². The Labute approximate surface area is 195 Å². The lowest BCUT2D eigenvalue weighted by Gasteiger charge is -2.42. The van der Waals surface area contributed by atoms with Gasteiger partial charge in [0.15, 0.2) is 11.6 Å². The topological polar surface area (TPSA) is 111 Å². The number of anilines is 1. The van der Waals surface area contributed by atoms with Gasteiger partial charge in [0.1, 0.15) is 28.6 Å². The lowest BCUT2D eigenvalue weighted by Crippen LogP contribution is -2.58. The van der Waals surface area contributed by atoms with Crippen molar-refractivity contribution in [3.05, 3.63) is 59.7 Å². The van der Waals surface area contributed by atoms with E-state index in [9.17, 15) is 13.6 Å². The molecular weight excluding hydrogens is 442 g/mol. The van der Waals surface area contributed by atoms with Crippen molar-refractivity contribution in [2.45, 2.75) is 24.9 Å². The summed E-state index contributed by atoms with van der Waals surface area (Å²) in [4.78, 5) is 14.7. The number of nitrogens with zero attached hydrogens (tertiary/aromatic N) is 3. The second-order valence-corrected chi connectivity index (χ2v) is 8.70. The Kier molecular flexibility index (Phi) is 5.93. The number of piperidine rings is 1. The predicted octanol–water partition coefficient (Wildman–Crippen LogP) is 2.91. The summed E-state index contributed by atoms with van der Waals surface area (Å²) in [6.07, 6.45) is 1.77. The molecular formula is C24H26F2N6O2. The SMILES string of the molecule is NC(=O)c1c(-c2ccc(Oc3ccc(F)cc3F)cc2)nn(C2CCN(C3CNC3)CC2)c1N. The minimum Gasteiger partial charge on any atom is -0.454 e. The molecule has 0 radical (unpaired) electrons. The molecule has 1 amide bonds. The number of amides is 1. The van der Waals surface area contributed by atoms with Crippen LogP contribution >= 0.6 is 0 Å². The van der Waals surface area contributed by atoms with E-state index in [1.54, 1.807) is 28.9 Å². The van der Waals surface area contributed by atoms with E-state index in [-0.39, 0.29) is 23.2 Å². The van der Waals surface area contributed by atoms with Crippen LogP contribution in [-0.2, 0) is 0 Å². The third-order valence-electron chi connectivity index (χ3n) is 6.56. The van der Waals surface area contributed by atoms with Crippen molar-refractivity contribution in [1.82, 2.24) is 20.0 Å². The van der Waals surface area contributed by atoms with Crippen molar-refractivity contribution >= 4 is 11.7 Å². The summed E-state index contributed by atoms with van der Waals surface area (Å²) in [5, 5.41) is 7.99. The summed E-state index contributed by atoms with van der Waals surface area (Å²) in [5.41, 5.74) is 13.2. The Morgan fingerprint density at radius 2 is 1.76 bits per heavy atom. The van der Waals surface area contributed by atoms with Crippen LogP contribution in [0.3, 0.4) is 0 Å². The largest absolute Gasteiger partial charge is 0.454 e. The van der Waals surface area contributed by atoms with Crippen LogP contribution in [0.25, 0.3) is 11.3 Å². The van der Waals surface area contributed by atoms with E-state index in [1.165, 1.54) is 6.07 Å². The third-order valence-corrected chi connectivity index (χ3v) is 6.56. The van der Waals surface area contributed by atoms with E-state index in [0.29, 0.717) is 23.0 Å². The van der Waals surface area contributed by atoms with E-state index < -0.39 is 17.5 Å². The molecule has 0 aliphatic carbocycles. The molecule has 5 N–H and O–H groups in total. The number of aromatic nitrogens is 2. The van der Waals surface area contributed by atoms with Gasteiger partial charge >= 0.3 is 0 Å². The Morgan fingerprint density at radius 1 is 1.06 bits per heavy atom. The van der Waals surface area contributed by atoms with Gasteiger partial charge in [-0.05, 0) is 49.2 Å². The van der Waals surface area contributed by atoms with Crippen LogP contribution < -0.4 is 21.5 Å². The Balaban J connectivity index is 1.37. The molecule has 0 spiro atoms. The van der Waals surface area contributed by atoms with Gasteiger partial charge in [0.2, 0.25) is 0 Å². The highest BCUT2D eigenvalue weighted by Crippen LogP contribution is 2.34. The molecule has 1 aromatic heterocycles. The van der Waals surface area contributed by atoms with Crippen molar-refractivity contribution < 1.29 is 18.3 Å². The number of rotatable bonds is 6. The number of halogens is 2. The number of nitrogens with two attached hydrogens (primary N) is 2. The van der Waals surface area contributed by atoms with Crippen LogP contribution in [0.5, 0.6) is 11.5 Å². The van der Waals surface area contributed by atoms with Gasteiger partial charge in [0.05, 0.1) is 6.04 Å². The zero-order chi connectivity index (χ0) is 23.8. The smallest absolute Gasteiger partial charge is 0.254 e. The first-order valence-corrected chi connectivity index (χ1v) is 11.3. The molecule has 2 saturated heterocycles. The highest BCUT2D eigenvalue weighted by Gasteiger charge is 2.32. The highest BCUT2D eigenvalue weighted by molar-refractivity contribution is 6.03. The zero-order valence-corrected chi connectivity index (χ0v) is 18.5. The summed E-state index contributed by atoms with van der Waals surface area (Å²) in [5.74, 6) is -1.61. The van der Waals surface area contributed by atoms with Crippen LogP contribution in [0.2, 0.25) is 0 Å². The number of likely N-dealkylation sites (tertiary alicyclic amines) is 1. The molecule has 178 valence electrons. The van der Waals surface area contributed by atoms with E-state index >= 15 is 0 Å². The number of ether oxygens (including phenoxy) is 1. The number of nitrogens with one attached hydrogen (secondary N) is 1. The van der Waals surface area contributed by atoms with Gasteiger partial charge in [-0.1, -0.05) is 0 Å². The van der Waals surface area contributed by atoms with Gasteiger partial charge in [-0.25, -0.2) is 13.5 Å². The first-order chi connectivity index (χ1) is 16.4. The standard InChI is InChI=1S/C24H26F2N6O2/c25-15-3-6-20(19(26)11-15)34-18-4-1-14(2-5-18)22-21(24(28)33)23(27)32(30-22)16-7-9-31(10-8-16)17-12-29-13-17/h1-6,11,16-17,29H,7-10,12-13,27H2,(H2,28,33). The fourth-order valence-electron chi connectivity index (χ4n) is 4.56. The van der Waals surface area contributed by atoms with Crippen molar-refractivity contribution in [3.8, 4) is 22.8 Å². The number of hydrogen-bond acceptors (Lipinski definition) is 6. The Morgan fingerprint density at radius 3 is 2.35 bits per heavy atom. The first-order valence-electron chi connectivity index (χ1n) is 11.3. The average Bonchev–Trinajstić information content (AvgIpc) is 3.13. The molecule has 5 rings (SSSR count). The number of carbonyl (C=O) groups excluding carboxylic acids is 1. The van der Waals surface area contributed by atoms with Gasteiger partial charge in [-0.3, -0.25) is 9.69 Å². The van der Waals surface area contributed by atoms with Gasteiger partial charge in [-0.15, -0.1) is 0 Å². The van der Waals surface area contributed by atoms with E-state index in [2.05, 4.69) is 15.3 Å². The maximum absolute atomic E-state index is 13.9. The third kappa shape index (κ3) is 4.22. The fourth-order valence-corrected chi connectivity index (χ4v) is 4.56. The van der Waals surface area contributed by atoms with Crippen LogP contribution in [0.1, 0.15) is 29.2 Å². The lowest BCUT2D eigenvalue weighted by atomic mass is 10.0. The maximum atomic E-state index is 13.9. The summed E-state index contributed by atoms with van der Waals surface area (Å²) in [7, 11) is 0. The second kappa shape index (κ2) is 9.03. The summed E-state index contributed by atoms with van der Waals surface area (Å²) in [6, 6.07) is 10.4. The average molecular weight is 469 g/mol. The lowest BCUT2D eigenvalue weighted by molar-refractivity contribution is 0.0983.